The third kappa shape index (κ3) is 3.86. The number of aromatic nitrogens is 1. The highest BCUT2D eigenvalue weighted by molar-refractivity contribution is 7.89. The number of carbonyl (C=O) groups is 1. The molecule has 154 valence electrons. The van der Waals surface area contributed by atoms with Crippen LogP contribution in [0.4, 0.5) is 0 Å². The topological polar surface area (TPSA) is 79.8 Å². The van der Waals surface area contributed by atoms with E-state index < -0.39 is 10.0 Å². The van der Waals surface area contributed by atoms with Gasteiger partial charge in [0.05, 0.1) is 11.1 Å². The summed E-state index contributed by atoms with van der Waals surface area (Å²) in [4.78, 5) is 19.4. The van der Waals surface area contributed by atoms with E-state index in [0.717, 1.165) is 35.7 Å². The molecule has 1 aromatic heterocycles. The summed E-state index contributed by atoms with van der Waals surface area (Å²) in [6.45, 7) is 0. The highest BCUT2D eigenvalue weighted by Gasteiger charge is 2.44. The number of sulfonamides is 1. The van der Waals surface area contributed by atoms with Gasteiger partial charge in [0, 0.05) is 50.8 Å². The number of piperidine rings is 1. The van der Waals surface area contributed by atoms with Crippen molar-refractivity contribution in [3.63, 3.8) is 0 Å². The monoisotopic (exact) mass is 415 g/mol. The maximum atomic E-state index is 13.1. The van der Waals surface area contributed by atoms with Gasteiger partial charge in [0.1, 0.15) is 11.9 Å². The molecule has 1 amide bonds. The molecule has 2 atom stereocenters. The lowest BCUT2D eigenvalue weighted by molar-refractivity contribution is 0.0358. The Bertz CT molecular complexity index is 963. The summed E-state index contributed by atoms with van der Waals surface area (Å²) in [5.74, 6) is 0.723. The van der Waals surface area contributed by atoms with E-state index in [1.807, 2.05) is 17.0 Å². The van der Waals surface area contributed by atoms with Gasteiger partial charge in [-0.05, 0) is 49.2 Å². The molecule has 0 N–H and O–H groups in total. The molecule has 2 fully saturated rings. The molecule has 2 aliphatic heterocycles. The molecule has 3 heterocycles. The van der Waals surface area contributed by atoms with E-state index in [2.05, 4.69) is 4.98 Å². The first kappa shape index (κ1) is 19.8. The zero-order valence-corrected chi connectivity index (χ0v) is 17.4. The first-order valence-corrected chi connectivity index (χ1v) is 11.2. The number of amides is 1. The molecule has 1 aromatic carbocycles. The van der Waals surface area contributed by atoms with Gasteiger partial charge in [-0.15, -0.1) is 0 Å². The lowest BCUT2D eigenvalue weighted by atomic mass is 9.98. The Morgan fingerprint density at radius 2 is 1.76 bits per heavy atom. The largest absolute Gasteiger partial charge is 0.489 e. The molecule has 4 rings (SSSR count). The number of hydrogen-bond acceptors (Lipinski definition) is 5. The van der Waals surface area contributed by atoms with Crippen molar-refractivity contribution in [2.24, 2.45) is 0 Å². The van der Waals surface area contributed by atoms with Crippen LogP contribution in [0.2, 0.25) is 0 Å². The standard InChI is InChI=1S/C21H25N3O4S/c1-23(2)29(26,27)20-9-5-15(6-10-20)21(25)24-16-7-8-17(24)13-19(12-16)28-18-4-3-11-22-14-18/h3-6,9-11,14,16-17,19H,7-8,12-13H2,1-2H3. The Morgan fingerprint density at radius 3 is 2.31 bits per heavy atom. The molecule has 0 aliphatic carbocycles. The van der Waals surface area contributed by atoms with E-state index in [9.17, 15) is 13.2 Å². The lowest BCUT2D eigenvalue weighted by Gasteiger charge is -2.39. The Hall–Kier alpha value is -2.45. The third-order valence-corrected chi connectivity index (χ3v) is 7.57. The van der Waals surface area contributed by atoms with Crippen molar-refractivity contribution < 1.29 is 17.9 Å². The highest BCUT2D eigenvalue weighted by Crippen LogP contribution is 2.38. The van der Waals surface area contributed by atoms with Crippen LogP contribution in [-0.4, -0.2) is 60.8 Å². The summed E-state index contributed by atoms with van der Waals surface area (Å²) in [6.07, 6.45) is 7.03. The summed E-state index contributed by atoms with van der Waals surface area (Å²) < 4.78 is 31.7. The van der Waals surface area contributed by atoms with Gasteiger partial charge in [0.25, 0.3) is 5.91 Å². The zero-order valence-electron chi connectivity index (χ0n) is 16.6. The Balaban J connectivity index is 1.46. The van der Waals surface area contributed by atoms with E-state index in [-0.39, 0.29) is 29.0 Å². The van der Waals surface area contributed by atoms with Gasteiger partial charge in [-0.25, -0.2) is 12.7 Å². The van der Waals surface area contributed by atoms with Crippen LogP contribution in [0.15, 0.2) is 53.7 Å². The first-order valence-electron chi connectivity index (χ1n) is 9.78. The Morgan fingerprint density at radius 1 is 1.10 bits per heavy atom. The molecule has 2 unspecified atom stereocenters. The average Bonchev–Trinajstić information content (AvgIpc) is 2.98. The smallest absolute Gasteiger partial charge is 0.254 e. The second-order valence-electron chi connectivity index (χ2n) is 7.81. The van der Waals surface area contributed by atoms with E-state index in [4.69, 9.17) is 4.74 Å². The van der Waals surface area contributed by atoms with Crippen molar-refractivity contribution in [1.29, 1.82) is 0 Å². The van der Waals surface area contributed by atoms with Gasteiger partial charge in [-0.2, -0.15) is 0 Å². The molecular formula is C21H25N3O4S. The van der Waals surface area contributed by atoms with Crippen LogP contribution >= 0.6 is 0 Å². The van der Waals surface area contributed by atoms with E-state index in [1.54, 1.807) is 24.5 Å². The number of benzene rings is 1. The summed E-state index contributed by atoms with van der Waals surface area (Å²) in [7, 11) is -0.524. The third-order valence-electron chi connectivity index (χ3n) is 5.74. The summed E-state index contributed by atoms with van der Waals surface area (Å²) in [5.41, 5.74) is 0.520. The number of hydrogen-bond donors (Lipinski definition) is 0. The van der Waals surface area contributed by atoms with Crippen LogP contribution in [0.1, 0.15) is 36.0 Å². The van der Waals surface area contributed by atoms with Gasteiger partial charge < -0.3 is 9.64 Å². The number of nitrogens with zero attached hydrogens (tertiary/aromatic N) is 3. The van der Waals surface area contributed by atoms with Crippen molar-refractivity contribution in [3.05, 3.63) is 54.4 Å². The van der Waals surface area contributed by atoms with Crippen molar-refractivity contribution in [2.45, 2.75) is 48.8 Å². The van der Waals surface area contributed by atoms with E-state index >= 15 is 0 Å². The SMILES string of the molecule is CN(C)S(=O)(=O)c1ccc(C(=O)N2C3CCC2CC(Oc2cccnc2)C3)cc1. The molecule has 0 saturated carbocycles. The fraction of sp³-hybridized carbons (Fsp3) is 0.429. The van der Waals surface area contributed by atoms with Crippen LogP contribution in [-0.2, 0) is 10.0 Å². The van der Waals surface area contributed by atoms with Crippen LogP contribution in [0.25, 0.3) is 0 Å². The Kier molecular flexibility index (Phi) is 5.31. The summed E-state index contributed by atoms with van der Waals surface area (Å²) >= 11 is 0. The fourth-order valence-corrected chi connectivity index (χ4v) is 5.20. The molecular weight excluding hydrogens is 390 g/mol. The normalized spacial score (nSPS) is 24.0. The quantitative estimate of drug-likeness (QED) is 0.750. The summed E-state index contributed by atoms with van der Waals surface area (Å²) in [6, 6.07) is 10.3. The van der Waals surface area contributed by atoms with Crippen LogP contribution in [0, 0.1) is 0 Å². The predicted molar refractivity (Wildman–Crippen MR) is 108 cm³/mol. The lowest BCUT2D eigenvalue weighted by Crippen LogP contribution is -2.49. The van der Waals surface area contributed by atoms with Crippen molar-refractivity contribution in [1.82, 2.24) is 14.2 Å². The van der Waals surface area contributed by atoms with Crippen molar-refractivity contribution in [3.8, 4) is 5.75 Å². The number of ether oxygens (including phenoxy) is 1. The number of fused-ring (bicyclic) bond motifs is 2. The van der Waals surface area contributed by atoms with Gasteiger partial charge in [0.2, 0.25) is 10.0 Å². The predicted octanol–water partition coefficient (Wildman–Crippen LogP) is 2.55. The van der Waals surface area contributed by atoms with Crippen LogP contribution < -0.4 is 4.74 Å². The second-order valence-corrected chi connectivity index (χ2v) is 9.96. The van der Waals surface area contributed by atoms with Gasteiger partial charge in [0.15, 0.2) is 0 Å². The molecule has 2 saturated heterocycles. The first-order chi connectivity index (χ1) is 13.9. The molecule has 29 heavy (non-hydrogen) atoms. The number of rotatable bonds is 5. The Labute approximate surface area is 171 Å². The second kappa shape index (κ2) is 7.76. The minimum absolute atomic E-state index is 0.0360. The van der Waals surface area contributed by atoms with Gasteiger partial charge in [-0.3, -0.25) is 9.78 Å². The number of carbonyl (C=O) groups excluding carboxylic acids is 1. The van der Waals surface area contributed by atoms with E-state index in [1.165, 1.54) is 26.2 Å². The maximum Gasteiger partial charge on any atom is 0.254 e. The minimum atomic E-state index is -3.50. The zero-order chi connectivity index (χ0) is 20.6. The summed E-state index contributed by atoms with van der Waals surface area (Å²) in [5, 5.41) is 0. The van der Waals surface area contributed by atoms with Crippen LogP contribution in [0.3, 0.4) is 0 Å². The van der Waals surface area contributed by atoms with Crippen LogP contribution in [0.5, 0.6) is 5.75 Å². The number of pyridine rings is 1. The van der Waals surface area contributed by atoms with Crippen molar-refractivity contribution in [2.75, 3.05) is 14.1 Å². The fourth-order valence-electron chi connectivity index (χ4n) is 4.29. The minimum Gasteiger partial charge on any atom is -0.489 e. The molecule has 2 aromatic rings. The molecule has 7 nitrogen and oxygen atoms in total. The van der Waals surface area contributed by atoms with Gasteiger partial charge >= 0.3 is 0 Å². The van der Waals surface area contributed by atoms with E-state index in [0.29, 0.717) is 5.56 Å². The maximum absolute atomic E-state index is 13.1. The molecule has 0 radical (unpaired) electrons. The van der Waals surface area contributed by atoms with Gasteiger partial charge in [-0.1, -0.05) is 0 Å². The highest BCUT2D eigenvalue weighted by atomic mass is 32.2. The molecule has 0 spiro atoms. The van der Waals surface area contributed by atoms with Crippen molar-refractivity contribution >= 4 is 15.9 Å². The molecule has 2 aliphatic rings. The molecule has 2 bridgehead atoms. The average molecular weight is 416 g/mol. The molecule has 8 heteroatoms.